The van der Waals surface area contributed by atoms with Crippen LogP contribution in [0.2, 0.25) is 0 Å². The summed E-state index contributed by atoms with van der Waals surface area (Å²) in [5.41, 5.74) is 4.53. The van der Waals surface area contributed by atoms with Crippen molar-refractivity contribution in [1.29, 1.82) is 0 Å². The molecule has 0 spiro atoms. The van der Waals surface area contributed by atoms with Crippen LogP contribution >= 0.6 is 12.2 Å². The van der Waals surface area contributed by atoms with Crippen molar-refractivity contribution in [3.63, 3.8) is 0 Å². The number of nitro groups is 1. The quantitative estimate of drug-likeness (QED) is 0.211. The molecule has 0 radical (unpaired) electrons. The van der Waals surface area contributed by atoms with Gasteiger partial charge >= 0.3 is 0 Å². The van der Waals surface area contributed by atoms with Crippen LogP contribution < -0.4 is 15.5 Å². The van der Waals surface area contributed by atoms with Gasteiger partial charge in [0.05, 0.1) is 4.92 Å². The minimum absolute atomic E-state index is 0.0663. The summed E-state index contributed by atoms with van der Waals surface area (Å²) in [6.07, 6.45) is 1.99. The number of benzene rings is 3. The molecule has 1 aliphatic heterocycles. The predicted octanol–water partition coefficient (Wildman–Crippen LogP) is 5.44. The Morgan fingerprint density at radius 3 is 2.69 bits per heavy atom. The maximum atomic E-state index is 12.8. The van der Waals surface area contributed by atoms with Gasteiger partial charge in [0.2, 0.25) is 5.89 Å². The first-order chi connectivity index (χ1) is 17.4. The number of aromatic nitrogens is 1. The lowest BCUT2D eigenvalue weighted by Gasteiger charge is -2.18. The third-order valence-corrected chi connectivity index (χ3v) is 6.22. The van der Waals surface area contributed by atoms with Gasteiger partial charge < -0.3 is 14.6 Å². The number of anilines is 2. The van der Waals surface area contributed by atoms with Gasteiger partial charge in [0.15, 0.2) is 10.7 Å². The van der Waals surface area contributed by atoms with Crippen molar-refractivity contribution in [2.75, 3.05) is 23.3 Å². The summed E-state index contributed by atoms with van der Waals surface area (Å²) >= 11 is 5.31. The van der Waals surface area contributed by atoms with Gasteiger partial charge in [0.25, 0.3) is 11.6 Å². The van der Waals surface area contributed by atoms with Gasteiger partial charge in [-0.2, -0.15) is 0 Å². The average Bonchev–Trinajstić information content (AvgIpc) is 3.54. The highest BCUT2D eigenvalue weighted by molar-refractivity contribution is 7.80. The molecule has 4 aromatic rings. The lowest BCUT2D eigenvalue weighted by molar-refractivity contribution is -0.384. The first-order valence-corrected chi connectivity index (χ1v) is 11.9. The Labute approximate surface area is 212 Å². The van der Waals surface area contributed by atoms with Gasteiger partial charge in [-0.1, -0.05) is 12.1 Å². The van der Waals surface area contributed by atoms with E-state index in [1.54, 1.807) is 18.2 Å². The van der Waals surface area contributed by atoms with Crippen molar-refractivity contribution in [3.8, 4) is 11.5 Å². The molecule has 0 bridgehead atoms. The Hall–Kier alpha value is -4.31. The van der Waals surface area contributed by atoms with E-state index in [9.17, 15) is 14.9 Å². The molecule has 1 saturated heterocycles. The molecule has 2 N–H and O–H groups in total. The molecule has 9 nitrogen and oxygen atoms in total. The molecular weight excluding hydrogens is 478 g/mol. The van der Waals surface area contributed by atoms with Crippen LogP contribution in [0.15, 0.2) is 65.1 Å². The molecule has 1 fully saturated rings. The Kier molecular flexibility index (Phi) is 6.34. The topological polar surface area (TPSA) is 114 Å². The van der Waals surface area contributed by atoms with Crippen molar-refractivity contribution in [1.82, 2.24) is 10.3 Å². The molecule has 1 aromatic heterocycles. The number of nitrogens with one attached hydrogen (secondary N) is 2. The van der Waals surface area contributed by atoms with Crippen molar-refractivity contribution in [2.24, 2.45) is 0 Å². The molecule has 2 heterocycles. The molecule has 5 rings (SSSR count). The molecule has 0 aliphatic carbocycles. The zero-order chi connectivity index (χ0) is 25.2. The van der Waals surface area contributed by atoms with Crippen LogP contribution in [0.25, 0.3) is 22.6 Å². The number of carbonyl (C=O) groups is 1. The van der Waals surface area contributed by atoms with Crippen LogP contribution in [0, 0.1) is 17.0 Å². The fraction of sp³-hybridized carbons (Fsp3) is 0.192. The number of nitro benzene ring substituents is 1. The van der Waals surface area contributed by atoms with Crippen molar-refractivity contribution in [3.05, 3.63) is 81.9 Å². The van der Waals surface area contributed by atoms with Gasteiger partial charge in [-0.3, -0.25) is 20.2 Å². The van der Waals surface area contributed by atoms with Crippen LogP contribution in [-0.4, -0.2) is 34.0 Å². The van der Waals surface area contributed by atoms with Crippen molar-refractivity contribution in [2.45, 2.75) is 19.8 Å². The van der Waals surface area contributed by atoms with Crippen molar-refractivity contribution < 1.29 is 14.1 Å². The normalized spacial score (nSPS) is 13.1. The summed E-state index contributed by atoms with van der Waals surface area (Å²) in [4.78, 5) is 30.5. The Morgan fingerprint density at radius 2 is 1.92 bits per heavy atom. The number of oxazole rings is 1. The molecule has 0 saturated carbocycles. The van der Waals surface area contributed by atoms with E-state index < -0.39 is 10.8 Å². The Balaban J connectivity index is 1.29. The van der Waals surface area contributed by atoms with E-state index in [4.69, 9.17) is 16.6 Å². The van der Waals surface area contributed by atoms with Crippen molar-refractivity contribution >= 4 is 51.4 Å². The molecule has 3 aromatic carbocycles. The number of nitrogens with zero attached hydrogens (tertiary/aromatic N) is 3. The second kappa shape index (κ2) is 9.74. The fourth-order valence-electron chi connectivity index (χ4n) is 4.26. The molecule has 10 heteroatoms. The van der Waals surface area contributed by atoms with Crippen LogP contribution in [0.1, 0.15) is 28.8 Å². The monoisotopic (exact) mass is 501 g/mol. The van der Waals surface area contributed by atoms with Crippen LogP contribution in [-0.2, 0) is 0 Å². The number of thiocarbonyl (C=S) groups is 1. The smallest absolute Gasteiger partial charge is 0.293 e. The molecule has 1 aliphatic rings. The molecule has 1 amide bonds. The summed E-state index contributed by atoms with van der Waals surface area (Å²) in [7, 11) is 0. The molecule has 182 valence electrons. The number of aryl methyl sites for hydroxylation is 1. The largest absolute Gasteiger partial charge is 0.436 e. The minimum atomic E-state index is -0.533. The number of hydrogen-bond acceptors (Lipinski definition) is 7. The lowest BCUT2D eigenvalue weighted by atomic mass is 10.1. The first-order valence-electron chi connectivity index (χ1n) is 11.5. The molecule has 36 heavy (non-hydrogen) atoms. The molecular formula is C26H23N5O4S. The highest BCUT2D eigenvalue weighted by Crippen LogP contribution is 2.32. The molecule has 0 atom stereocenters. The van der Waals surface area contributed by atoms with E-state index in [-0.39, 0.29) is 16.4 Å². The number of rotatable bonds is 5. The first kappa shape index (κ1) is 23.4. The van der Waals surface area contributed by atoms with Crippen LogP contribution in [0.5, 0.6) is 0 Å². The average molecular weight is 502 g/mol. The van der Waals surface area contributed by atoms with Crippen LogP contribution in [0.4, 0.5) is 17.1 Å². The summed E-state index contributed by atoms with van der Waals surface area (Å²) in [6, 6.07) is 17.6. The Morgan fingerprint density at radius 1 is 1.11 bits per heavy atom. The van der Waals surface area contributed by atoms with Crippen LogP contribution in [0.3, 0.4) is 0 Å². The third-order valence-electron chi connectivity index (χ3n) is 6.02. The lowest BCUT2D eigenvalue weighted by Crippen LogP contribution is -2.34. The highest BCUT2D eigenvalue weighted by atomic mass is 32.1. The van der Waals surface area contributed by atoms with E-state index >= 15 is 0 Å². The Bertz CT molecular complexity index is 1490. The predicted molar refractivity (Wildman–Crippen MR) is 142 cm³/mol. The van der Waals surface area contributed by atoms with Gasteiger partial charge in [0.1, 0.15) is 11.2 Å². The molecule has 0 unspecified atom stereocenters. The van der Waals surface area contributed by atoms with E-state index in [0.29, 0.717) is 22.8 Å². The van der Waals surface area contributed by atoms with E-state index in [1.807, 2.05) is 48.2 Å². The van der Waals surface area contributed by atoms with E-state index in [1.165, 1.54) is 6.07 Å². The second-order valence-corrected chi connectivity index (χ2v) is 9.04. The van der Waals surface area contributed by atoms with Gasteiger partial charge in [-0.25, -0.2) is 4.98 Å². The minimum Gasteiger partial charge on any atom is -0.436 e. The summed E-state index contributed by atoms with van der Waals surface area (Å²) in [5.74, 6) is -0.0614. The van der Waals surface area contributed by atoms with Gasteiger partial charge in [-0.15, -0.1) is 0 Å². The maximum absolute atomic E-state index is 12.8. The zero-order valence-corrected chi connectivity index (χ0v) is 20.3. The number of amides is 1. The van der Waals surface area contributed by atoms with E-state index in [2.05, 4.69) is 15.6 Å². The number of hydrogen-bond donors (Lipinski definition) is 2. The van der Waals surface area contributed by atoms with Gasteiger partial charge in [0, 0.05) is 36.0 Å². The van der Waals surface area contributed by atoms with E-state index in [0.717, 1.165) is 42.6 Å². The summed E-state index contributed by atoms with van der Waals surface area (Å²) in [5, 5.41) is 17.3. The highest BCUT2D eigenvalue weighted by Gasteiger charge is 2.24. The SMILES string of the molecule is Cc1ccc2oc(-c3cccc(NC(=S)NC(=O)c4ccc(N5CCCC5)c([N+](=O)[O-])c4)c3)nc2c1. The number of fused-ring (bicyclic) bond motifs is 1. The summed E-state index contributed by atoms with van der Waals surface area (Å²) < 4.78 is 5.87. The third kappa shape index (κ3) is 4.89. The standard InChI is InChI=1S/C26H23N5O4S/c1-16-7-10-23-20(13-16)28-25(35-23)18-5-4-6-19(14-18)27-26(36)29-24(32)17-8-9-21(22(15-17)31(33)34)30-11-2-3-12-30/h4-10,13-15H,2-3,11-12H2,1H3,(H2,27,29,32,36). The summed E-state index contributed by atoms with van der Waals surface area (Å²) in [6.45, 7) is 3.53. The second-order valence-electron chi connectivity index (χ2n) is 8.63. The van der Waals surface area contributed by atoms with Gasteiger partial charge in [-0.05, 0) is 80.0 Å². The fourth-order valence-corrected chi connectivity index (χ4v) is 4.48. The zero-order valence-electron chi connectivity index (χ0n) is 19.5. The maximum Gasteiger partial charge on any atom is 0.293 e. The number of carbonyl (C=O) groups excluding carboxylic acids is 1.